The summed E-state index contributed by atoms with van der Waals surface area (Å²) in [5.41, 5.74) is 8.00. The summed E-state index contributed by atoms with van der Waals surface area (Å²) in [5.74, 6) is 1.76. The molecule has 10 rings (SSSR count). The van der Waals surface area contributed by atoms with E-state index in [4.69, 9.17) is 4.74 Å². The van der Waals surface area contributed by atoms with E-state index in [1.165, 1.54) is 54.4 Å². The Kier molecular flexibility index (Phi) is 5.31. The maximum atomic E-state index is 6.85. The van der Waals surface area contributed by atoms with Crippen molar-refractivity contribution in [2.75, 3.05) is 4.90 Å². The highest BCUT2D eigenvalue weighted by molar-refractivity contribution is 6.28. The van der Waals surface area contributed by atoms with Crippen LogP contribution in [0.5, 0.6) is 11.5 Å². The van der Waals surface area contributed by atoms with Gasteiger partial charge in [0, 0.05) is 22.0 Å². The summed E-state index contributed by atoms with van der Waals surface area (Å²) >= 11 is 0. The summed E-state index contributed by atoms with van der Waals surface area (Å²) < 4.78 is 6.85. The van der Waals surface area contributed by atoms with Gasteiger partial charge in [0.2, 0.25) is 0 Å². The molecule has 2 heteroatoms. The van der Waals surface area contributed by atoms with Crippen molar-refractivity contribution >= 4 is 60.2 Å². The second kappa shape index (κ2) is 9.69. The first-order chi connectivity index (χ1) is 22.8. The third-order valence-electron chi connectivity index (χ3n) is 9.59. The average Bonchev–Trinajstić information content (AvgIpc) is 3.12. The van der Waals surface area contributed by atoms with Crippen molar-refractivity contribution in [3.63, 3.8) is 0 Å². The molecule has 0 aromatic heterocycles. The molecule has 0 saturated carbocycles. The molecule has 9 aromatic rings. The van der Waals surface area contributed by atoms with Gasteiger partial charge in [-0.25, -0.2) is 0 Å². The normalized spacial score (nSPS) is 12.1. The van der Waals surface area contributed by atoms with Crippen LogP contribution in [0.2, 0.25) is 0 Å². The monoisotopic (exact) mass is 585 g/mol. The number of fused-ring (bicyclic) bond motifs is 2. The van der Waals surface area contributed by atoms with Crippen molar-refractivity contribution < 1.29 is 4.74 Å². The second-order valence-corrected chi connectivity index (χ2v) is 12.1. The number of rotatable bonds is 4. The van der Waals surface area contributed by atoms with Gasteiger partial charge in [0.25, 0.3) is 0 Å². The molecule has 1 heterocycles. The molecular weight excluding hydrogens is 558 g/mol. The molecule has 0 bridgehead atoms. The van der Waals surface area contributed by atoms with E-state index in [2.05, 4.69) is 169 Å². The third kappa shape index (κ3) is 3.59. The van der Waals surface area contributed by atoms with Crippen LogP contribution in [-0.2, 0) is 0 Å². The molecule has 0 spiro atoms. The number of hydrogen-bond acceptors (Lipinski definition) is 2. The highest BCUT2D eigenvalue weighted by Gasteiger charge is 2.27. The van der Waals surface area contributed by atoms with Gasteiger partial charge in [0.15, 0.2) is 5.75 Å². The quantitative estimate of drug-likeness (QED) is 0.191. The van der Waals surface area contributed by atoms with Gasteiger partial charge < -0.3 is 9.64 Å². The largest absolute Gasteiger partial charge is 0.454 e. The lowest BCUT2D eigenvalue weighted by Crippen LogP contribution is -2.13. The van der Waals surface area contributed by atoms with Crippen LogP contribution in [0.3, 0.4) is 0 Å². The van der Waals surface area contributed by atoms with Crippen LogP contribution in [0.15, 0.2) is 164 Å². The standard InChI is InChI=1S/C44H27NO/c1-3-10-28(11-4-1)33-24-20-30-22-26-37-38(27-23-31-21-25-35(33)42(30)43(31)37)45(32-14-5-2-6-15-32)39-18-9-17-36-34-16-7-12-29-13-8-19-40(41(29)34)46-44(36)39/h1-27H. The Morgan fingerprint density at radius 1 is 0.370 bits per heavy atom. The summed E-state index contributed by atoms with van der Waals surface area (Å²) in [4.78, 5) is 2.37. The fourth-order valence-electron chi connectivity index (χ4n) is 7.58. The predicted octanol–water partition coefficient (Wildman–Crippen LogP) is 12.6. The zero-order chi connectivity index (χ0) is 30.2. The Labute approximate surface area is 266 Å². The van der Waals surface area contributed by atoms with E-state index in [-0.39, 0.29) is 0 Å². The number of hydrogen-bond donors (Lipinski definition) is 0. The van der Waals surface area contributed by atoms with Crippen LogP contribution in [0.25, 0.3) is 65.3 Å². The van der Waals surface area contributed by atoms with Gasteiger partial charge in [-0.1, -0.05) is 133 Å². The van der Waals surface area contributed by atoms with E-state index < -0.39 is 0 Å². The van der Waals surface area contributed by atoms with Crippen LogP contribution in [0, 0.1) is 0 Å². The topological polar surface area (TPSA) is 12.5 Å². The fourth-order valence-corrected chi connectivity index (χ4v) is 7.58. The lowest BCUT2D eigenvalue weighted by Gasteiger charge is -2.31. The number of anilines is 3. The predicted molar refractivity (Wildman–Crippen MR) is 193 cm³/mol. The fraction of sp³-hybridized carbons (Fsp3) is 0. The molecule has 0 fully saturated rings. The minimum absolute atomic E-state index is 0.870. The molecule has 0 aliphatic carbocycles. The lowest BCUT2D eigenvalue weighted by molar-refractivity contribution is 0.488. The van der Waals surface area contributed by atoms with Crippen LogP contribution in [0.4, 0.5) is 17.1 Å². The molecule has 1 aliphatic rings. The number of benzene rings is 9. The van der Waals surface area contributed by atoms with E-state index in [1.54, 1.807) is 0 Å². The highest BCUT2D eigenvalue weighted by atomic mass is 16.5. The molecule has 0 radical (unpaired) electrons. The minimum Gasteiger partial charge on any atom is -0.454 e. The van der Waals surface area contributed by atoms with E-state index in [9.17, 15) is 0 Å². The van der Waals surface area contributed by atoms with E-state index in [0.29, 0.717) is 0 Å². The van der Waals surface area contributed by atoms with Crippen LogP contribution < -0.4 is 9.64 Å². The molecule has 0 atom stereocenters. The first-order valence-electron chi connectivity index (χ1n) is 15.8. The molecule has 0 amide bonds. The van der Waals surface area contributed by atoms with Gasteiger partial charge in [-0.3, -0.25) is 0 Å². The van der Waals surface area contributed by atoms with Gasteiger partial charge in [-0.05, 0) is 79.3 Å². The zero-order valence-corrected chi connectivity index (χ0v) is 24.9. The smallest absolute Gasteiger partial charge is 0.159 e. The first-order valence-corrected chi connectivity index (χ1v) is 15.8. The average molecular weight is 586 g/mol. The van der Waals surface area contributed by atoms with Gasteiger partial charge in [-0.15, -0.1) is 0 Å². The molecule has 214 valence electrons. The SMILES string of the molecule is c1ccc(-c2ccc3ccc4c(N(c5ccccc5)c5cccc6c5Oc5cccc7cccc-6c57)ccc5ccc2c3c54)cc1. The maximum absolute atomic E-state index is 6.85. The molecule has 0 N–H and O–H groups in total. The Hall–Kier alpha value is -6.12. The Morgan fingerprint density at radius 2 is 1.00 bits per heavy atom. The summed E-state index contributed by atoms with van der Waals surface area (Å²) in [6.45, 7) is 0. The molecule has 0 unspecified atom stereocenters. The van der Waals surface area contributed by atoms with Gasteiger partial charge in [0.05, 0.1) is 11.4 Å². The molecule has 1 aliphatic heterocycles. The molecule has 0 saturated heterocycles. The van der Waals surface area contributed by atoms with Crippen molar-refractivity contribution in [2.45, 2.75) is 0 Å². The number of ether oxygens (including phenoxy) is 1. The summed E-state index contributed by atoms with van der Waals surface area (Å²) in [5, 5.41) is 9.91. The zero-order valence-electron chi connectivity index (χ0n) is 24.9. The maximum Gasteiger partial charge on any atom is 0.159 e. The number of para-hydroxylation sites is 2. The van der Waals surface area contributed by atoms with Gasteiger partial charge >= 0.3 is 0 Å². The van der Waals surface area contributed by atoms with E-state index in [0.717, 1.165) is 39.5 Å². The van der Waals surface area contributed by atoms with Crippen LogP contribution in [0.1, 0.15) is 0 Å². The third-order valence-corrected chi connectivity index (χ3v) is 9.59. The molecule has 9 aromatic carbocycles. The first kappa shape index (κ1) is 25.2. The lowest BCUT2D eigenvalue weighted by atomic mass is 9.89. The second-order valence-electron chi connectivity index (χ2n) is 12.1. The Balaban J connectivity index is 1.26. The Bertz CT molecular complexity index is 2600. The highest BCUT2D eigenvalue weighted by Crippen LogP contribution is 2.54. The summed E-state index contributed by atoms with van der Waals surface area (Å²) in [7, 11) is 0. The molecule has 2 nitrogen and oxygen atoms in total. The van der Waals surface area contributed by atoms with Crippen molar-refractivity contribution in [1.29, 1.82) is 0 Å². The van der Waals surface area contributed by atoms with Crippen LogP contribution >= 0.6 is 0 Å². The summed E-state index contributed by atoms with van der Waals surface area (Å²) in [6, 6.07) is 58.9. The van der Waals surface area contributed by atoms with Gasteiger partial charge in [0.1, 0.15) is 5.75 Å². The minimum atomic E-state index is 0.870. The van der Waals surface area contributed by atoms with Crippen molar-refractivity contribution in [1.82, 2.24) is 0 Å². The summed E-state index contributed by atoms with van der Waals surface area (Å²) in [6.07, 6.45) is 0. The number of nitrogens with zero attached hydrogens (tertiary/aromatic N) is 1. The van der Waals surface area contributed by atoms with E-state index >= 15 is 0 Å². The van der Waals surface area contributed by atoms with Crippen molar-refractivity contribution in [2.24, 2.45) is 0 Å². The van der Waals surface area contributed by atoms with Gasteiger partial charge in [-0.2, -0.15) is 0 Å². The molecular formula is C44H27NO. The van der Waals surface area contributed by atoms with Crippen molar-refractivity contribution in [3.05, 3.63) is 164 Å². The van der Waals surface area contributed by atoms with Crippen LogP contribution in [-0.4, -0.2) is 0 Å². The Morgan fingerprint density at radius 3 is 1.83 bits per heavy atom. The van der Waals surface area contributed by atoms with Crippen molar-refractivity contribution in [3.8, 4) is 33.8 Å². The molecule has 46 heavy (non-hydrogen) atoms. The van der Waals surface area contributed by atoms with E-state index in [1.807, 2.05) is 0 Å².